The van der Waals surface area contributed by atoms with Crippen molar-refractivity contribution in [3.05, 3.63) is 34.6 Å². The van der Waals surface area contributed by atoms with E-state index in [0.717, 1.165) is 31.5 Å². The molecular weight excluding hydrogens is 275 g/mol. The molecular formula is C16H24ClFN2. The smallest absolute Gasteiger partial charge is 0.129 e. The Morgan fingerprint density at radius 2 is 2.25 bits per heavy atom. The third kappa shape index (κ3) is 3.72. The summed E-state index contributed by atoms with van der Waals surface area (Å²) in [5, 5.41) is 4.07. The maximum atomic E-state index is 14.0. The van der Waals surface area contributed by atoms with Gasteiger partial charge < -0.3 is 5.32 Å². The van der Waals surface area contributed by atoms with Crippen molar-refractivity contribution in [3.63, 3.8) is 0 Å². The van der Waals surface area contributed by atoms with Crippen LogP contribution in [0.5, 0.6) is 0 Å². The molecule has 0 amide bonds. The van der Waals surface area contributed by atoms with Crippen molar-refractivity contribution in [3.8, 4) is 0 Å². The van der Waals surface area contributed by atoms with Crippen LogP contribution in [0.15, 0.2) is 18.2 Å². The van der Waals surface area contributed by atoms with Crippen LogP contribution >= 0.6 is 11.6 Å². The van der Waals surface area contributed by atoms with Crippen LogP contribution in [0.1, 0.15) is 39.2 Å². The molecule has 2 atom stereocenters. The molecule has 4 heteroatoms. The van der Waals surface area contributed by atoms with Crippen LogP contribution in [0.2, 0.25) is 5.02 Å². The predicted octanol–water partition coefficient (Wildman–Crippen LogP) is 3.83. The Bertz CT molecular complexity index is 466. The molecule has 112 valence electrons. The number of halogens is 2. The SMILES string of the molecule is CCC1(C)CN(Cc2ccc(Cl)cc2F)C(C)CCN1. The first-order chi connectivity index (χ1) is 9.43. The van der Waals surface area contributed by atoms with Crippen molar-refractivity contribution < 1.29 is 4.39 Å². The summed E-state index contributed by atoms with van der Waals surface area (Å²) in [6, 6.07) is 5.41. The number of hydrogen-bond acceptors (Lipinski definition) is 2. The Morgan fingerprint density at radius 3 is 2.90 bits per heavy atom. The highest BCUT2D eigenvalue weighted by Crippen LogP contribution is 2.23. The summed E-state index contributed by atoms with van der Waals surface area (Å²) in [7, 11) is 0. The summed E-state index contributed by atoms with van der Waals surface area (Å²) < 4.78 is 14.0. The number of hydrogen-bond donors (Lipinski definition) is 1. The molecule has 0 bridgehead atoms. The van der Waals surface area contributed by atoms with Gasteiger partial charge in [-0.2, -0.15) is 0 Å². The van der Waals surface area contributed by atoms with Gasteiger partial charge in [-0.1, -0.05) is 24.6 Å². The van der Waals surface area contributed by atoms with Crippen molar-refractivity contribution >= 4 is 11.6 Å². The Hall–Kier alpha value is -0.640. The normalized spacial score (nSPS) is 28.4. The van der Waals surface area contributed by atoms with Crippen LogP contribution in [-0.4, -0.2) is 29.6 Å². The molecule has 0 radical (unpaired) electrons. The van der Waals surface area contributed by atoms with E-state index in [1.165, 1.54) is 6.07 Å². The lowest BCUT2D eigenvalue weighted by atomic mass is 9.98. The van der Waals surface area contributed by atoms with E-state index in [0.29, 0.717) is 17.6 Å². The van der Waals surface area contributed by atoms with Crippen molar-refractivity contribution in [1.29, 1.82) is 0 Å². The maximum absolute atomic E-state index is 14.0. The number of benzene rings is 1. The third-order valence-electron chi connectivity index (χ3n) is 4.46. The molecule has 2 unspecified atom stereocenters. The van der Waals surface area contributed by atoms with E-state index in [1.807, 2.05) is 0 Å². The largest absolute Gasteiger partial charge is 0.310 e. The van der Waals surface area contributed by atoms with Crippen molar-refractivity contribution in [2.75, 3.05) is 13.1 Å². The zero-order chi connectivity index (χ0) is 14.8. The Kier molecular flexibility index (Phi) is 5.05. The second kappa shape index (κ2) is 6.42. The van der Waals surface area contributed by atoms with Crippen molar-refractivity contribution in [2.45, 2.75) is 51.7 Å². The highest BCUT2D eigenvalue weighted by Gasteiger charge is 2.30. The molecule has 0 saturated carbocycles. The Labute approximate surface area is 126 Å². The molecule has 20 heavy (non-hydrogen) atoms. The lowest BCUT2D eigenvalue weighted by Crippen LogP contribution is -2.49. The molecule has 1 aromatic carbocycles. The molecule has 1 aliphatic rings. The number of nitrogens with zero attached hydrogens (tertiary/aromatic N) is 1. The second-order valence-electron chi connectivity index (χ2n) is 6.12. The van der Waals surface area contributed by atoms with Gasteiger partial charge in [-0.3, -0.25) is 4.90 Å². The molecule has 1 heterocycles. The third-order valence-corrected chi connectivity index (χ3v) is 4.69. The predicted molar refractivity (Wildman–Crippen MR) is 82.6 cm³/mol. The minimum atomic E-state index is -0.208. The van der Waals surface area contributed by atoms with E-state index in [9.17, 15) is 4.39 Å². The van der Waals surface area contributed by atoms with Gasteiger partial charge in [0.2, 0.25) is 0 Å². The molecule has 1 fully saturated rings. The Morgan fingerprint density at radius 1 is 1.50 bits per heavy atom. The topological polar surface area (TPSA) is 15.3 Å². The van der Waals surface area contributed by atoms with Crippen LogP contribution in [0, 0.1) is 5.82 Å². The fraction of sp³-hybridized carbons (Fsp3) is 0.625. The summed E-state index contributed by atoms with van der Waals surface area (Å²) in [5.74, 6) is -0.208. The van der Waals surface area contributed by atoms with Crippen LogP contribution < -0.4 is 5.32 Å². The van der Waals surface area contributed by atoms with E-state index in [2.05, 4.69) is 31.0 Å². The van der Waals surface area contributed by atoms with Crippen molar-refractivity contribution in [1.82, 2.24) is 10.2 Å². The van der Waals surface area contributed by atoms with Crippen LogP contribution in [0.3, 0.4) is 0 Å². The molecule has 2 rings (SSSR count). The minimum Gasteiger partial charge on any atom is -0.310 e. The lowest BCUT2D eigenvalue weighted by molar-refractivity contribution is 0.162. The standard InChI is InChI=1S/C16H24ClFN2/c1-4-16(3)11-20(12(2)7-8-19-16)10-13-5-6-14(17)9-15(13)18/h5-6,9,12,19H,4,7-8,10-11H2,1-3H3. The Balaban J connectivity index is 2.16. The first kappa shape index (κ1) is 15.7. The molecule has 1 aliphatic heterocycles. The zero-order valence-electron chi connectivity index (χ0n) is 12.5. The summed E-state index contributed by atoms with van der Waals surface area (Å²) in [6.45, 7) is 9.26. The van der Waals surface area contributed by atoms with Gasteiger partial charge in [-0.05, 0) is 45.4 Å². The highest BCUT2D eigenvalue weighted by atomic mass is 35.5. The minimum absolute atomic E-state index is 0.105. The van der Waals surface area contributed by atoms with E-state index in [4.69, 9.17) is 11.6 Å². The molecule has 0 spiro atoms. The van der Waals surface area contributed by atoms with E-state index >= 15 is 0 Å². The zero-order valence-corrected chi connectivity index (χ0v) is 13.3. The number of rotatable bonds is 3. The summed E-state index contributed by atoms with van der Waals surface area (Å²) in [5.41, 5.74) is 0.829. The fourth-order valence-corrected chi connectivity index (χ4v) is 2.90. The van der Waals surface area contributed by atoms with Crippen LogP contribution in [0.4, 0.5) is 4.39 Å². The average molecular weight is 299 g/mol. The fourth-order valence-electron chi connectivity index (χ4n) is 2.74. The lowest BCUT2D eigenvalue weighted by Gasteiger charge is -2.35. The number of nitrogens with one attached hydrogen (secondary N) is 1. The molecule has 1 aromatic rings. The van der Waals surface area contributed by atoms with Gasteiger partial charge >= 0.3 is 0 Å². The van der Waals surface area contributed by atoms with Gasteiger partial charge in [-0.15, -0.1) is 0 Å². The van der Waals surface area contributed by atoms with Gasteiger partial charge in [0.1, 0.15) is 5.82 Å². The average Bonchev–Trinajstić information content (AvgIpc) is 2.54. The summed E-state index contributed by atoms with van der Waals surface area (Å²) >= 11 is 5.82. The monoisotopic (exact) mass is 298 g/mol. The first-order valence-corrected chi connectivity index (χ1v) is 7.74. The highest BCUT2D eigenvalue weighted by molar-refractivity contribution is 6.30. The van der Waals surface area contributed by atoms with E-state index in [1.54, 1.807) is 12.1 Å². The molecule has 1 N–H and O–H groups in total. The summed E-state index contributed by atoms with van der Waals surface area (Å²) in [6.07, 6.45) is 2.16. The van der Waals surface area contributed by atoms with Gasteiger partial charge in [0, 0.05) is 35.3 Å². The van der Waals surface area contributed by atoms with Gasteiger partial charge in [0.25, 0.3) is 0 Å². The first-order valence-electron chi connectivity index (χ1n) is 7.36. The van der Waals surface area contributed by atoms with E-state index < -0.39 is 0 Å². The van der Waals surface area contributed by atoms with Crippen molar-refractivity contribution in [2.24, 2.45) is 0 Å². The molecule has 1 saturated heterocycles. The van der Waals surface area contributed by atoms with Crippen LogP contribution in [-0.2, 0) is 6.54 Å². The van der Waals surface area contributed by atoms with Gasteiger partial charge in [0.05, 0.1) is 0 Å². The van der Waals surface area contributed by atoms with E-state index in [-0.39, 0.29) is 11.4 Å². The molecule has 0 aliphatic carbocycles. The summed E-state index contributed by atoms with van der Waals surface area (Å²) in [4.78, 5) is 2.37. The van der Waals surface area contributed by atoms with Crippen LogP contribution in [0.25, 0.3) is 0 Å². The van der Waals surface area contributed by atoms with Gasteiger partial charge in [0.15, 0.2) is 0 Å². The second-order valence-corrected chi connectivity index (χ2v) is 6.56. The molecule has 2 nitrogen and oxygen atoms in total. The maximum Gasteiger partial charge on any atom is 0.129 e. The van der Waals surface area contributed by atoms with Gasteiger partial charge in [-0.25, -0.2) is 4.39 Å². The quantitative estimate of drug-likeness (QED) is 0.912. The molecule has 0 aromatic heterocycles.